The molecule has 4 rings (SSSR count). The molecule has 0 spiro atoms. The average Bonchev–Trinajstić information content (AvgIpc) is 3.30. The third-order valence-electron chi connectivity index (χ3n) is 5.10. The van der Waals surface area contributed by atoms with Gasteiger partial charge in [0.25, 0.3) is 0 Å². The number of anilines is 1. The first-order chi connectivity index (χ1) is 15.2. The molecule has 2 saturated heterocycles. The SMILES string of the molecule is Cc1ccn([C@H]2C[C@H](O)[C@@H](CO)S2)c(=O)n1.Nc1ncn([C@H]2C[C@H](O)[C@@H](CO)S2)c(=O)n1. The van der Waals surface area contributed by atoms with E-state index >= 15 is 0 Å². The third-order valence-corrected chi connectivity index (χ3v) is 8.20. The number of aromatic nitrogens is 5. The van der Waals surface area contributed by atoms with Crippen LogP contribution in [0.25, 0.3) is 0 Å². The molecule has 2 aromatic heterocycles. The number of nitrogens with zero attached hydrogens (tertiary/aromatic N) is 5. The van der Waals surface area contributed by atoms with Gasteiger partial charge in [0.1, 0.15) is 6.33 Å². The molecule has 0 saturated carbocycles. The Balaban J connectivity index is 0.000000181. The maximum absolute atomic E-state index is 11.6. The van der Waals surface area contributed by atoms with Gasteiger partial charge >= 0.3 is 11.4 Å². The van der Waals surface area contributed by atoms with Crippen molar-refractivity contribution >= 4 is 29.5 Å². The summed E-state index contributed by atoms with van der Waals surface area (Å²) in [4.78, 5) is 34.2. The molecule has 2 aliphatic heterocycles. The number of nitrogen functional groups attached to an aromatic ring is 1. The Morgan fingerprint density at radius 3 is 2.00 bits per heavy atom. The fraction of sp³-hybridized carbons (Fsp3) is 0.611. The minimum absolute atomic E-state index is 0.0662. The molecule has 2 aromatic rings. The first-order valence-electron chi connectivity index (χ1n) is 9.88. The van der Waals surface area contributed by atoms with Gasteiger partial charge in [0.2, 0.25) is 5.95 Å². The predicted octanol–water partition coefficient (Wildman–Crippen LogP) is -1.51. The van der Waals surface area contributed by atoms with E-state index < -0.39 is 17.9 Å². The van der Waals surface area contributed by atoms with Crippen molar-refractivity contribution in [1.82, 2.24) is 24.1 Å². The summed E-state index contributed by atoms with van der Waals surface area (Å²) in [7, 11) is 0. The Hall–Kier alpha value is -1.97. The number of hydrogen-bond acceptors (Lipinski definition) is 12. The van der Waals surface area contributed by atoms with Gasteiger partial charge in [0, 0.05) is 24.7 Å². The monoisotopic (exact) mass is 486 g/mol. The van der Waals surface area contributed by atoms with Gasteiger partial charge in [-0.05, 0) is 13.0 Å². The van der Waals surface area contributed by atoms with Crippen LogP contribution in [0.4, 0.5) is 5.95 Å². The van der Waals surface area contributed by atoms with Gasteiger partial charge in [-0.3, -0.25) is 9.13 Å². The highest BCUT2D eigenvalue weighted by molar-refractivity contribution is 8.00. The molecule has 2 fully saturated rings. The van der Waals surface area contributed by atoms with Gasteiger partial charge in [0.05, 0.1) is 46.7 Å². The molecule has 6 N–H and O–H groups in total. The maximum Gasteiger partial charge on any atom is 0.353 e. The van der Waals surface area contributed by atoms with Crippen molar-refractivity contribution in [2.75, 3.05) is 18.9 Å². The lowest BCUT2D eigenvalue weighted by molar-refractivity contribution is 0.137. The van der Waals surface area contributed by atoms with Gasteiger partial charge < -0.3 is 26.2 Å². The molecule has 4 heterocycles. The second-order valence-electron chi connectivity index (χ2n) is 7.39. The summed E-state index contributed by atoms with van der Waals surface area (Å²) in [5.41, 5.74) is 5.17. The molecule has 14 heteroatoms. The quantitative estimate of drug-likeness (QED) is 0.336. The molecular formula is C18H26N6O6S2. The molecule has 2 aliphatic rings. The lowest BCUT2D eigenvalue weighted by Crippen LogP contribution is -2.26. The van der Waals surface area contributed by atoms with Crippen LogP contribution >= 0.6 is 23.5 Å². The Labute approximate surface area is 191 Å². The standard InChI is InChI=1S/C10H14N2O3S.C8H12N4O3S/c1-6-2-3-12(10(15)11-6)9-4-7(14)8(5-13)16-9;9-7-10-3-12(8(15)11-7)6-1-4(14)5(2-13)16-6/h2-3,7-9,13-14H,4-5H2,1H3;3-6,13-14H,1-2H2,(H2,9,11,15)/t7-,8+,9+;4-,5+,6+/m00/s1. The van der Waals surface area contributed by atoms with E-state index in [1.165, 1.54) is 39.0 Å². The number of rotatable bonds is 4. The molecular weight excluding hydrogens is 460 g/mol. The van der Waals surface area contributed by atoms with Crippen LogP contribution in [0.1, 0.15) is 29.3 Å². The van der Waals surface area contributed by atoms with E-state index in [2.05, 4.69) is 15.0 Å². The molecule has 0 aliphatic carbocycles. The molecule has 6 atom stereocenters. The van der Waals surface area contributed by atoms with Crippen molar-refractivity contribution in [3.63, 3.8) is 0 Å². The molecule has 0 radical (unpaired) electrons. The number of aliphatic hydroxyl groups is 4. The van der Waals surface area contributed by atoms with Crippen LogP contribution in [0.15, 0.2) is 28.2 Å². The van der Waals surface area contributed by atoms with E-state index in [0.717, 1.165) is 0 Å². The zero-order valence-electron chi connectivity index (χ0n) is 17.3. The summed E-state index contributed by atoms with van der Waals surface area (Å²) in [6.07, 6.45) is 2.69. The summed E-state index contributed by atoms with van der Waals surface area (Å²) in [6.45, 7) is 1.57. The van der Waals surface area contributed by atoms with Crippen LogP contribution < -0.4 is 17.1 Å². The highest BCUT2D eigenvalue weighted by atomic mass is 32.2. The first-order valence-corrected chi connectivity index (χ1v) is 11.8. The Bertz CT molecular complexity index is 954. The van der Waals surface area contributed by atoms with E-state index in [4.69, 9.17) is 15.9 Å². The van der Waals surface area contributed by atoms with Crippen molar-refractivity contribution in [3.8, 4) is 0 Å². The zero-order chi connectivity index (χ0) is 23.4. The molecule has 0 bridgehead atoms. The maximum atomic E-state index is 11.6. The van der Waals surface area contributed by atoms with Crippen molar-refractivity contribution in [1.29, 1.82) is 0 Å². The van der Waals surface area contributed by atoms with Gasteiger partial charge in [-0.15, -0.1) is 23.5 Å². The fourth-order valence-corrected chi connectivity index (χ4v) is 6.12. The summed E-state index contributed by atoms with van der Waals surface area (Å²) in [6, 6.07) is 1.76. The summed E-state index contributed by atoms with van der Waals surface area (Å²) in [5.74, 6) is -0.0662. The first kappa shape index (κ1) is 24.7. The number of nitrogens with two attached hydrogens (primary N) is 1. The van der Waals surface area contributed by atoms with Crippen LogP contribution in [0.5, 0.6) is 0 Å². The molecule has 0 unspecified atom stereocenters. The Kier molecular flexibility index (Phi) is 8.30. The molecule has 32 heavy (non-hydrogen) atoms. The smallest absolute Gasteiger partial charge is 0.353 e. The summed E-state index contributed by atoms with van der Waals surface area (Å²) >= 11 is 2.75. The van der Waals surface area contributed by atoms with Crippen LogP contribution in [-0.4, -0.2) is 80.4 Å². The highest BCUT2D eigenvalue weighted by Gasteiger charge is 2.35. The van der Waals surface area contributed by atoms with Crippen molar-refractivity contribution in [2.45, 2.75) is 53.2 Å². The molecule has 12 nitrogen and oxygen atoms in total. The van der Waals surface area contributed by atoms with Crippen LogP contribution in [-0.2, 0) is 0 Å². The van der Waals surface area contributed by atoms with E-state index in [0.29, 0.717) is 18.5 Å². The number of aliphatic hydroxyl groups excluding tert-OH is 4. The zero-order valence-corrected chi connectivity index (χ0v) is 18.9. The van der Waals surface area contributed by atoms with Crippen LogP contribution in [0.3, 0.4) is 0 Å². The minimum Gasteiger partial charge on any atom is -0.395 e. The van der Waals surface area contributed by atoms with Gasteiger partial charge in [-0.1, -0.05) is 0 Å². The average molecular weight is 487 g/mol. The van der Waals surface area contributed by atoms with E-state index in [1.807, 2.05) is 0 Å². The summed E-state index contributed by atoms with van der Waals surface area (Å²) < 4.78 is 2.83. The second kappa shape index (κ2) is 10.8. The van der Waals surface area contributed by atoms with E-state index in [9.17, 15) is 19.8 Å². The second-order valence-corrected chi connectivity index (χ2v) is 10.2. The van der Waals surface area contributed by atoms with Gasteiger partial charge in [-0.2, -0.15) is 9.97 Å². The molecule has 0 aromatic carbocycles. The van der Waals surface area contributed by atoms with Crippen LogP contribution in [0, 0.1) is 6.92 Å². The molecule has 176 valence electrons. The summed E-state index contributed by atoms with van der Waals surface area (Å²) in [5, 5.41) is 36.4. The van der Waals surface area contributed by atoms with Gasteiger partial charge in [-0.25, -0.2) is 14.6 Å². The van der Waals surface area contributed by atoms with Crippen LogP contribution in [0.2, 0.25) is 0 Å². The highest BCUT2D eigenvalue weighted by Crippen LogP contribution is 2.41. The van der Waals surface area contributed by atoms with Gasteiger partial charge in [0.15, 0.2) is 0 Å². The minimum atomic E-state index is -0.621. The fourth-order valence-electron chi connectivity index (χ4n) is 3.37. The largest absolute Gasteiger partial charge is 0.395 e. The topological polar surface area (TPSA) is 190 Å². The third kappa shape index (κ3) is 5.68. The van der Waals surface area contributed by atoms with E-state index in [-0.39, 0.29) is 46.1 Å². The lowest BCUT2D eigenvalue weighted by Gasteiger charge is -2.12. The lowest BCUT2D eigenvalue weighted by atomic mass is 10.2. The number of aryl methyl sites for hydroxylation is 1. The Morgan fingerprint density at radius 1 is 1.00 bits per heavy atom. The van der Waals surface area contributed by atoms with E-state index in [1.54, 1.807) is 19.2 Å². The number of hydrogen-bond donors (Lipinski definition) is 5. The normalized spacial score (nSPS) is 29.5. The van der Waals surface area contributed by atoms with Crippen molar-refractivity contribution < 1.29 is 20.4 Å². The predicted molar refractivity (Wildman–Crippen MR) is 120 cm³/mol. The van der Waals surface area contributed by atoms with Crippen molar-refractivity contribution in [2.24, 2.45) is 0 Å². The van der Waals surface area contributed by atoms with Crippen molar-refractivity contribution in [3.05, 3.63) is 45.3 Å². The molecule has 0 amide bonds. The number of thioether (sulfide) groups is 2. The Morgan fingerprint density at radius 2 is 1.53 bits per heavy atom.